The molecule has 168 valence electrons. The molecule has 1 saturated heterocycles. The SMILES string of the molecule is COc1ccc(NC(=O)N2CC(=O)N(CC(=O)NC[C@H]3CCCO3)c3ccccc32)cc1. The molecule has 0 aliphatic carbocycles. The number of hydrogen-bond acceptors (Lipinski definition) is 5. The molecule has 0 saturated carbocycles. The second kappa shape index (κ2) is 9.69. The van der Waals surface area contributed by atoms with Crippen LogP contribution in [0.2, 0.25) is 0 Å². The van der Waals surface area contributed by atoms with E-state index in [2.05, 4.69) is 10.6 Å². The van der Waals surface area contributed by atoms with Gasteiger partial charge in [-0.15, -0.1) is 0 Å². The summed E-state index contributed by atoms with van der Waals surface area (Å²) < 4.78 is 10.6. The zero-order valence-corrected chi connectivity index (χ0v) is 17.9. The number of hydrogen-bond donors (Lipinski definition) is 2. The minimum Gasteiger partial charge on any atom is -0.497 e. The highest BCUT2D eigenvalue weighted by Gasteiger charge is 2.33. The molecule has 2 aliphatic rings. The van der Waals surface area contributed by atoms with Gasteiger partial charge in [-0.2, -0.15) is 0 Å². The van der Waals surface area contributed by atoms with Crippen LogP contribution in [-0.4, -0.2) is 57.3 Å². The normalized spacial score (nSPS) is 17.7. The first kappa shape index (κ1) is 21.6. The van der Waals surface area contributed by atoms with Gasteiger partial charge in [0.15, 0.2) is 0 Å². The maximum atomic E-state index is 12.9. The maximum absolute atomic E-state index is 12.9. The van der Waals surface area contributed by atoms with Crippen LogP contribution in [0.25, 0.3) is 0 Å². The Bertz CT molecular complexity index is 988. The summed E-state index contributed by atoms with van der Waals surface area (Å²) in [6.07, 6.45) is 1.94. The van der Waals surface area contributed by atoms with Crippen molar-refractivity contribution in [2.24, 2.45) is 0 Å². The number of amides is 4. The Morgan fingerprint density at radius 2 is 1.88 bits per heavy atom. The van der Waals surface area contributed by atoms with Gasteiger partial charge in [0.2, 0.25) is 11.8 Å². The van der Waals surface area contributed by atoms with Crippen molar-refractivity contribution in [1.29, 1.82) is 0 Å². The molecule has 2 aliphatic heterocycles. The number of para-hydroxylation sites is 2. The van der Waals surface area contributed by atoms with E-state index in [1.165, 1.54) is 9.80 Å². The highest BCUT2D eigenvalue weighted by molar-refractivity contribution is 6.15. The fourth-order valence-electron chi connectivity index (χ4n) is 3.81. The Morgan fingerprint density at radius 3 is 2.56 bits per heavy atom. The molecule has 2 N–H and O–H groups in total. The van der Waals surface area contributed by atoms with Gasteiger partial charge >= 0.3 is 6.03 Å². The standard InChI is InChI=1S/C23H26N4O5/c1-31-17-10-8-16(9-11-17)25-23(30)27-15-22(29)26(19-6-2-3-7-20(19)27)14-21(28)24-13-18-5-4-12-32-18/h2-3,6-11,18H,4-5,12-15H2,1H3,(H,24,28)(H,25,30)/t18-/m1/s1. The summed E-state index contributed by atoms with van der Waals surface area (Å²) in [5.74, 6) is 0.0792. The number of anilines is 3. The lowest BCUT2D eigenvalue weighted by atomic mass is 10.1. The summed E-state index contributed by atoms with van der Waals surface area (Å²) in [5, 5.41) is 5.64. The number of benzene rings is 2. The fraction of sp³-hybridized carbons (Fsp3) is 0.348. The predicted molar refractivity (Wildman–Crippen MR) is 120 cm³/mol. The van der Waals surface area contributed by atoms with Gasteiger partial charge in [-0.25, -0.2) is 4.79 Å². The number of ether oxygens (including phenoxy) is 2. The lowest BCUT2D eigenvalue weighted by Crippen LogP contribution is -2.52. The van der Waals surface area contributed by atoms with Gasteiger partial charge in [0.25, 0.3) is 0 Å². The molecule has 1 atom stereocenters. The van der Waals surface area contributed by atoms with E-state index in [9.17, 15) is 14.4 Å². The quantitative estimate of drug-likeness (QED) is 0.721. The number of fused-ring (bicyclic) bond motifs is 1. The van der Waals surface area contributed by atoms with Crippen LogP contribution in [-0.2, 0) is 14.3 Å². The highest BCUT2D eigenvalue weighted by atomic mass is 16.5. The van der Waals surface area contributed by atoms with Gasteiger partial charge in [0, 0.05) is 18.8 Å². The monoisotopic (exact) mass is 438 g/mol. The van der Waals surface area contributed by atoms with E-state index in [1.54, 1.807) is 55.6 Å². The number of methoxy groups -OCH3 is 1. The molecule has 0 bridgehead atoms. The molecule has 4 amide bonds. The lowest BCUT2D eigenvalue weighted by molar-refractivity contribution is -0.123. The maximum Gasteiger partial charge on any atom is 0.326 e. The first-order chi connectivity index (χ1) is 15.5. The van der Waals surface area contributed by atoms with E-state index >= 15 is 0 Å². The Kier molecular flexibility index (Phi) is 6.55. The average Bonchev–Trinajstić information content (AvgIpc) is 3.33. The van der Waals surface area contributed by atoms with Crippen molar-refractivity contribution in [1.82, 2.24) is 5.32 Å². The summed E-state index contributed by atoms with van der Waals surface area (Å²) in [7, 11) is 1.57. The van der Waals surface area contributed by atoms with Crippen molar-refractivity contribution in [2.45, 2.75) is 18.9 Å². The van der Waals surface area contributed by atoms with E-state index in [1.807, 2.05) is 0 Å². The van der Waals surface area contributed by atoms with Crippen LogP contribution in [0, 0.1) is 0 Å². The number of rotatable bonds is 6. The third-order valence-corrected chi connectivity index (χ3v) is 5.50. The molecule has 1 fully saturated rings. The number of nitrogens with one attached hydrogen (secondary N) is 2. The lowest BCUT2D eigenvalue weighted by Gasteiger charge is -2.35. The Morgan fingerprint density at radius 1 is 1.12 bits per heavy atom. The number of nitrogens with zero attached hydrogens (tertiary/aromatic N) is 2. The molecule has 0 unspecified atom stereocenters. The van der Waals surface area contributed by atoms with Gasteiger partial charge in [-0.3, -0.25) is 19.4 Å². The number of urea groups is 1. The van der Waals surface area contributed by atoms with Crippen LogP contribution in [0.4, 0.5) is 21.9 Å². The molecule has 0 radical (unpaired) electrons. The van der Waals surface area contributed by atoms with Crippen LogP contribution in [0.5, 0.6) is 5.75 Å². The minimum atomic E-state index is -0.432. The first-order valence-corrected chi connectivity index (χ1v) is 10.6. The topological polar surface area (TPSA) is 100 Å². The predicted octanol–water partition coefficient (Wildman–Crippen LogP) is 2.38. The zero-order chi connectivity index (χ0) is 22.5. The molecule has 0 spiro atoms. The minimum absolute atomic E-state index is 0.0282. The summed E-state index contributed by atoms with van der Waals surface area (Å²) in [5.41, 5.74) is 1.66. The second-order valence-electron chi connectivity index (χ2n) is 7.65. The average molecular weight is 438 g/mol. The first-order valence-electron chi connectivity index (χ1n) is 10.6. The summed E-state index contributed by atoms with van der Waals surface area (Å²) in [6, 6.07) is 13.5. The van der Waals surface area contributed by atoms with Crippen molar-refractivity contribution in [2.75, 3.05) is 48.5 Å². The third kappa shape index (κ3) is 4.83. The fourth-order valence-corrected chi connectivity index (χ4v) is 3.81. The van der Waals surface area contributed by atoms with Gasteiger partial charge in [0.05, 0.1) is 24.6 Å². The second-order valence-corrected chi connectivity index (χ2v) is 7.65. The van der Waals surface area contributed by atoms with Crippen LogP contribution in [0.15, 0.2) is 48.5 Å². The Labute approximate surface area is 186 Å². The number of carbonyl (C=O) groups is 3. The molecule has 4 rings (SSSR count). The van der Waals surface area contributed by atoms with Gasteiger partial charge < -0.3 is 20.1 Å². The molecule has 2 aromatic rings. The summed E-state index contributed by atoms with van der Waals surface area (Å²) in [6.45, 7) is 0.861. The van der Waals surface area contributed by atoms with Crippen LogP contribution in [0.1, 0.15) is 12.8 Å². The van der Waals surface area contributed by atoms with Crippen molar-refractivity contribution in [3.8, 4) is 5.75 Å². The van der Waals surface area contributed by atoms with Crippen molar-refractivity contribution < 1.29 is 23.9 Å². The largest absolute Gasteiger partial charge is 0.497 e. The van der Waals surface area contributed by atoms with Crippen molar-refractivity contribution in [3.05, 3.63) is 48.5 Å². The van der Waals surface area contributed by atoms with Gasteiger partial charge in [-0.05, 0) is 49.2 Å². The van der Waals surface area contributed by atoms with Gasteiger partial charge in [-0.1, -0.05) is 12.1 Å². The summed E-state index contributed by atoms with van der Waals surface area (Å²) >= 11 is 0. The van der Waals surface area contributed by atoms with Crippen LogP contribution >= 0.6 is 0 Å². The molecule has 9 heteroatoms. The van der Waals surface area contributed by atoms with E-state index < -0.39 is 6.03 Å². The van der Waals surface area contributed by atoms with E-state index in [0.29, 0.717) is 36.0 Å². The summed E-state index contributed by atoms with van der Waals surface area (Å²) in [4.78, 5) is 41.1. The smallest absolute Gasteiger partial charge is 0.326 e. The number of carbonyl (C=O) groups excluding carboxylic acids is 3. The highest BCUT2D eigenvalue weighted by Crippen LogP contribution is 2.33. The Hall–Kier alpha value is -3.59. The molecule has 2 aromatic carbocycles. The third-order valence-electron chi connectivity index (χ3n) is 5.50. The van der Waals surface area contributed by atoms with Crippen LogP contribution < -0.4 is 25.2 Å². The molecule has 0 aromatic heterocycles. The van der Waals surface area contributed by atoms with E-state index in [-0.39, 0.29) is 31.0 Å². The molecule has 2 heterocycles. The Balaban J connectivity index is 1.45. The van der Waals surface area contributed by atoms with Gasteiger partial charge in [0.1, 0.15) is 18.8 Å². The van der Waals surface area contributed by atoms with Crippen molar-refractivity contribution in [3.63, 3.8) is 0 Å². The molecule has 32 heavy (non-hydrogen) atoms. The van der Waals surface area contributed by atoms with Crippen LogP contribution in [0.3, 0.4) is 0 Å². The zero-order valence-electron chi connectivity index (χ0n) is 17.9. The van der Waals surface area contributed by atoms with Crippen molar-refractivity contribution >= 4 is 34.9 Å². The molecular formula is C23H26N4O5. The van der Waals surface area contributed by atoms with E-state index in [0.717, 1.165) is 12.8 Å². The molecular weight excluding hydrogens is 412 g/mol. The van der Waals surface area contributed by atoms with E-state index in [4.69, 9.17) is 9.47 Å². The molecule has 9 nitrogen and oxygen atoms in total.